The number of likely N-dealkylation sites (tertiary alicyclic amines) is 1. The molecule has 1 aromatic carbocycles. The molecule has 178 valence electrons. The van der Waals surface area contributed by atoms with Gasteiger partial charge in [0.2, 0.25) is 0 Å². The summed E-state index contributed by atoms with van der Waals surface area (Å²) < 4.78 is 19.7. The number of piperidine rings is 1. The Kier molecular flexibility index (Phi) is 9.05. The third kappa shape index (κ3) is 7.01. The quantitative estimate of drug-likeness (QED) is 0.435. The van der Waals surface area contributed by atoms with Crippen LogP contribution in [0.15, 0.2) is 41.9 Å². The molecule has 6 nitrogen and oxygen atoms in total. The molecule has 2 aliphatic rings. The second kappa shape index (κ2) is 11.8. The van der Waals surface area contributed by atoms with Gasteiger partial charge in [-0.15, -0.1) is 0 Å². The summed E-state index contributed by atoms with van der Waals surface area (Å²) in [6, 6.07) is 6.34. The summed E-state index contributed by atoms with van der Waals surface area (Å²) in [5, 5.41) is 0. The number of ether oxygens (including phenoxy) is 1. The highest BCUT2D eigenvalue weighted by Crippen LogP contribution is 2.26. The van der Waals surface area contributed by atoms with E-state index in [0.717, 1.165) is 68.8 Å². The van der Waals surface area contributed by atoms with Gasteiger partial charge in [0.05, 0.1) is 23.4 Å². The van der Waals surface area contributed by atoms with E-state index >= 15 is 0 Å². The molecule has 1 unspecified atom stereocenters. The molecule has 7 heteroatoms. The van der Waals surface area contributed by atoms with E-state index in [1.807, 2.05) is 16.5 Å². The summed E-state index contributed by atoms with van der Waals surface area (Å²) in [7, 11) is -0.902. The van der Waals surface area contributed by atoms with Crippen molar-refractivity contribution in [3.05, 3.63) is 53.0 Å². The molecule has 32 heavy (non-hydrogen) atoms. The number of nitrogens with two attached hydrogens (primary N) is 2. The Morgan fingerprint density at radius 1 is 1.19 bits per heavy atom. The van der Waals surface area contributed by atoms with Crippen LogP contribution >= 0.6 is 0 Å². The van der Waals surface area contributed by atoms with Gasteiger partial charge in [-0.25, -0.2) is 8.51 Å². The van der Waals surface area contributed by atoms with Crippen LogP contribution in [0.2, 0.25) is 0 Å². The fraction of sp³-hybridized carbons (Fsp3) is 0.600. The van der Waals surface area contributed by atoms with Gasteiger partial charge in [-0.05, 0) is 79.4 Å². The lowest BCUT2D eigenvalue weighted by Gasteiger charge is -2.33. The summed E-state index contributed by atoms with van der Waals surface area (Å²) in [5.41, 5.74) is 15.7. The van der Waals surface area contributed by atoms with E-state index < -0.39 is 11.0 Å². The van der Waals surface area contributed by atoms with Gasteiger partial charge in [-0.2, -0.15) is 0 Å². The maximum absolute atomic E-state index is 11.7. The molecule has 2 heterocycles. The van der Waals surface area contributed by atoms with Gasteiger partial charge in [0.25, 0.3) is 0 Å². The maximum atomic E-state index is 11.7. The zero-order chi connectivity index (χ0) is 23.1. The van der Waals surface area contributed by atoms with Gasteiger partial charge >= 0.3 is 0 Å². The lowest BCUT2D eigenvalue weighted by molar-refractivity contribution is 0.204. The minimum Gasteiger partial charge on any atom is -0.494 e. The largest absolute Gasteiger partial charge is 0.494 e. The fourth-order valence-electron chi connectivity index (χ4n) is 4.33. The van der Waals surface area contributed by atoms with Crippen molar-refractivity contribution in [2.24, 2.45) is 23.3 Å². The van der Waals surface area contributed by atoms with Crippen LogP contribution in [0.3, 0.4) is 0 Å². The summed E-state index contributed by atoms with van der Waals surface area (Å²) in [4.78, 5) is 2.26. The van der Waals surface area contributed by atoms with Gasteiger partial charge in [0.15, 0.2) is 0 Å². The van der Waals surface area contributed by atoms with Gasteiger partial charge in [-0.1, -0.05) is 19.9 Å². The Morgan fingerprint density at radius 2 is 1.94 bits per heavy atom. The first-order valence-electron chi connectivity index (χ1n) is 11.8. The van der Waals surface area contributed by atoms with Crippen LogP contribution in [0.25, 0.3) is 0 Å². The second-order valence-corrected chi connectivity index (χ2v) is 10.7. The summed E-state index contributed by atoms with van der Waals surface area (Å²) in [5.74, 6) is 2.85. The molecule has 0 radical (unpaired) electrons. The van der Waals surface area contributed by atoms with Gasteiger partial charge in [0, 0.05) is 38.1 Å². The van der Waals surface area contributed by atoms with Crippen molar-refractivity contribution in [1.82, 2.24) is 9.21 Å². The van der Waals surface area contributed by atoms with Crippen molar-refractivity contribution >= 4 is 11.0 Å². The van der Waals surface area contributed by atoms with Gasteiger partial charge in [-0.3, -0.25) is 0 Å². The van der Waals surface area contributed by atoms with Crippen LogP contribution in [0.4, 0.5) is 0 Å². The van der Waals surface area contributed by atoms with E-state index in [1.165, 1.54) is 30.4 Å². The molecule has 0 aromatic heterocycles. The van der Waals surface area contributed by atoms with Crippen LogP contribution in [-0.2, 0) is 24.0 Å². The number of fused-ring (bicyclic) bond motifs is 1. The summed E-state index contributed by atoms with van der Waals surface area (Å²) in [6.07, 6.45) is 11.2. The molecule has 0 bridgehead atoms. The molecule has 3 rings (SSSR count). The number of benzene rings is 1. The third-order valence-corrected chi connectivity index (χ3v) is 7.68. The van der Waals surface area contributed by atoms with Crippen LogP contribution in [-0.4, -0.2) is 45.9 Å². The minimum absolute atomic E-state index is 0.339. The number of nitrogens with zero attached hydrogens (tertiary/aromatic N) is 2. The van der Waals surface area contributed by atoms with Crippen LogP contribution in [0, 0.1) is 11.8 Å². The molecular weight excluding hydrogens is 420 g/mol. The normalized spacial score (nSPS) is 19.8. The molecule has 0 spiro atoms. The van der Waals surface area contributed by atoms with E-state index in [0.29, 0.717) is 5.92 Å². The first kappa shape index (κ1) is 24.6. The molecule has 2 aliphatic heterocycles. The van der Waals surface area contributed by atoms with Crippen molar-refractivity contribution in [3.8, 4) is 5.75 Å². The highest BCUT2D eigenvalue weighted by Gasteiger charge is 2.20. The van der Waals surface area contributed by atoms with Crippen molar-refractivity contribution in [3.63, 3.8) is 0 Å². The lowest BCUT2D eigenvalue weighted by Crippen LogP contribution is -2.36. The molecule has 0 amide bonds. The number of rotatable bonds is 9. The predicted molar refractivity (Wildman–Crippen MR) is 133 cm³/mol. The number of hydrogen-bond acceptors (Lipinski definition) is 5. The van der Waals surface area contributed by atoms with Crippen molar-refractivity contribution < 1.29 is 8.95 Å². The molecule has 1 fully saturated rings. The van der Waals surface area contributed by atoms with E-state index in [9.17, 15) is 4.21 Å². The molecule has 0 saturated carbocycles. The average molecular weight is 461 g/mol. The van der Waals surface area contributed by atoms with Gasteiger partial charge < -0.3 is 21.1 Å². The fourth-order valence-corrected chi connectivity index (χ4v) is 5.00. The molecule has 1 saturated heterocycles. The lowest BCUT2D eigenvalue weighted by atomic mass is 9.92. The van der Waals surface area contributed by atoms with Crippen molar-refractivity contribution in [2.75, 3.05) is 32.5 Å². The molecular formula is C25H40N4O2S. The average Bonchev–Trinajstić information content (AvgIpc) is 2.79. The Labute approximate surface area is 196 Å². The van der Waals surface area contributed by atoms with Crippen molar-refractivity contribution in [1.29, 1.82) is 0 Å². The van der Waals surface area contributed by atoms with Crippen LogP contribution in [0.5, 0.6) is 5.75 Å². The second-order valence-electron chi connectivity index (χ2n) is 9.30. The van der Waals surface area contributed by atoms with Crippen LogP contribution < -0.4 is 16.2 Å². The summed E-state index contributed by atoms with van der Waals surface area (Å²) in [6.45, 7) is 8.55. The van der Waals surface area contributed by atoms with Crippen LogP contribution in [0.1, 0.15) is 50.7 Å². The SMILES string of the molecule is CC(C)/C(N)=C/C=C(\N)N1CCC(CCCOc2ccc3c(c2)CCN(S(C)=O)C3)CC1. The van der Waals surface area contributed by atoms with E-state index in [-0.39, 0.29) is 0 Å². The molecule has 1 aromatic rings. The zero-order valence-corrected chi connectivity index (χ0v) is 20.7. The minimum atomic E-state index is -0.902. The Morgan fingerprint density at radius 3 is 2.62 bits per heavy atom. The Bertz CT molecular complexity index is 844. The van der Waals surface area contributed by atoms with Gasteiger partial charge in [0.1, 0.15) is 5.75 Å². The topological polar surface area (TPSA) is 84.8 Å². The number of hydrogen-bond donors (Lipinski definition) is 2. The molecule has 0 aliphatic carbocycles. The summed E-state index contributed by atoms with van der Waals surface area (Å²) >= 11 is 0. The zero-order valence-electron chi connectivity index (χ0n) is 19.9. The first-order valence-corrected chi connectivity index (χ1v) is 13.4. The smallest absolute Gasteiger partial charge is 0.119 e. The Hall–Kier alpha value is -1.99. The van der Waals surface area contributed by atoms with E-state index in [1.54, 1.807) is 6.26 Å². The number of allylic oxidation sites excluding steroid dienone is 3. The monoisotopic (exact) mass is 460 g/mol. The maximum Gasteiger partial charge on any atom is 0.119 e. The first-order chi connectivity index (χ1) is 15.3. The third-order valence-electron chi connectivity index (χ3n) is 6.64. The van der Waals surface area contributed by atoms with E-state index in [4.69, 9.17) is 16.2 Å². The highest BCUT2D eigenvalue weighted by molar-refractivity contribution is 7.81. The predicted octanol–water partition coefficient (Wildman–Crippen LogP) is 3.51. The van der Waals surface area contributed by atoms with E-state index in [2.05, 4.69) is 36.9 Å². The molecule has 1 atom stereocenters. The Balaban J connectivity index is 1.36. The standard InChI is InChI=1S/C25H40N4O2S/c1-19(2)24(26)8-9-25(27)28-13-10-20(11-14-28)5-4-16-31-23-7-6-22-18-29(32(3)30)15-12-21(22)17-23/h6-9,17,19-20H,4-5,10-16,18,26-27H2,1-3H3/b24-8-,25-9+. The highest BCUT2D eigenvalue weighted by atomic mass is 32.2. The molecule has 4 N–H and O–H groups in total. The van der Waals surface area contributed by atoms with Crippen molar-refractivity contribution in [2.45, 2.75) is 52.5 Å².